The van der Waals surface area contributed by atoms with E-state index >= 15 is 0 Å². The summed E-state index contributed by atoms with van der Waals surface area (Å²) in [6, 6.07) is 3.38. The highest BCUT2D eigenvalue weighted by molar-refractivity contribution is 5.24. The number of ether oxygens (including phenoxy) is 1. The molecule has 1 aromatic carbocycles. The van der Waals surface area contributed by atoms with Crippen molar-refractivity contribution < 1.29 is 18.6 Å². The van der Waals surface area contributed by atoms with Crippen molar-refractivity contribution in [2.75, 3.05) is 13.2 Å². The van der Waals surface area contributed by atoms with Gasteiger partial charge in [-0.05, 0) is 13.0 Å². The Bertz CT molecular complexity index is 607. The van der Waals surface area contributed by atoms with Crippen molar-refractivity contribution in [1.29, 1.82) is 0 Å². The second kappa shape index (κ2) is 6.93. The number of hydrogen-bond donors (Lipinski definition) is 1. The molecule has 2 aromatic rings. The van der Waals surface area contributed by atoms with Gasteiger partial charge in [-0.15, -0.1) is 0 Å². The Morgan fingerprint density at radius 1 is 1.41 bits per heavy atom. The highest BCUT2D eigenvalue weighted by atomic mass is 19.1. The van der Waals surface area contributed by atoms with Crippen molar-refractivity contribution in [3.63, 3.8) is 0 Å². The average Bonchev–Trinajstić information content (AvgIpc) is 2.97. The molecular weight excluding hydrogens is 292 g/mol. The molecule has 2 atom stereocenters. The van der Waals surface area contributed by atoms with Crippen LogP contribution in [-0.2, 0) is 16.9 Å². The summed E-state index contributed by atoms with van der Waals surface area (Å²) in [4.78, 5) is 3.85. The Morgan fingerprint density at radius 2 is 2.18 bits per heavy atom. The van der Waals surface area contributed by atoms with Gasteiger partial charge in [0, 0.05) is 24.2 Å². The summed E-state index contributed by atoms with van der Waals surface area (Å²) < 4.78 is 34.7. The minimum Gasteiger partial charge on any atom is -0.396 e. The molecule has 1 heterocycles. The van der Waals surface area contributed by atoms with Crippen LogP contribution in [0.25, 0.3) is 0 Å². The summed E-state index contributed by atoms with van der Waals surface area (Å²) in [6.45, 7) is 3.93. The lowest BCUT2D eigenvalue weighted by Crippen LogP contribution is -2.35. The minimum absolute atomic E-state index is 0.0364. The Kier molecular flexibility index (Phi) is 5.20. The maximum Gasteiger partial charge on any atom is 0.137 e. The minimum atomic E-state index is -1.06. The fourth-order valence-corrected chi connectivity index (χ4v) is 2.13. The second-order valence-corrected chi connectivity index (χ2v) is 5.55. The van der Waals surface area contributed by atoms with Crippen LogP contribution in [0, 0.1) is 17.6 Å². The first kappa shape index (κ1) is 16.5. The molecule has 0 amide bonds. The van der Waals surface area contributed by atoms with Crippen molar-refractivity contribution >= 4 is 0 Å². The van der Waals surface area contributed by atoms with Crippen molar-refractivity contribution in [2.24, 2.45) is 5.92 Å². The van der Waals surface area contributed by atoms with E-state index in [9.17, 15) is 8.78 Å². The van der Waals surface area contributed by atoms with Crippen molar-refractivity contribution in [3.05, 3.63) is 48.1 Å². The fraction of sp³-hybridized carbons (Fsp3) is 0.467. The van der Waals surface area contributed by atoms with Gasteiger partial charge in [0.15, 0.2) is 0 Å². The van der Waals surface area contributed by atoms with Gasteiger partial charge >= 0.3 is 0 Å². The zero-order valence-corrected chi connectivity index (χ0v) is 12.5. The summed E-state index contributed by atoms with van der Waals surface area (Å²) in [5.41, 5.74) is -0.830. The van der Waals surface area contributed by atoms with Crippen LogP contribution < -0.4 is 0 Å². The molecule has 0 fully saturated rings. The number of benzene rings is 1. The van der Waals surface area contributed by atoms with E-state index in [2.05, 4.69) is 10.1 Å². The third-order valence-electron chi connectivity index (χ3n) is 3.43. The van der Waals surface area contributed by atoms with Gasteiger partial charge in [0.1, 0.15) is 29.9 Å². The Morgan fingerprint density at radius 3 is 2.77 bits per heavy atom. The molecule has 5 nitrogen and oxygen atoms in total. The molecule has 0 radical (unpaired) electrons. The molecule has 0 aliphatic carbocycles. The molecule has 0 saturated carbocycles. The molecular formula is C15H19F2N3O2. The fourth-order valence-electron chi connectivity index (χ4n) is 2.13. The van der Waals surface area contributed by atoms with Crippen LogP contribution in [-0.4, -0.2) is 33.1 Å². The highest BCUT2D eigenvalue weighted by Crippen LogP contribution is 2.30. The Balaban J connectivity index is 2.30. The van der Waals surface area contributed by atoms with Crippen LogP contribution in [0.2, 0.25) is 0 Å². The van der Waals surface area contributed by atoms with E-state index in [0.29, 0.717) is 0 Å². The van der Waals surface area contributed by atoms with Gasteiger partial charge in [-0.2, -0.15) is 5.10 Å². The lowest BCUT2D eigenvalue weighted by atomic mass is 9.94. The summed E-state index contributed by atoms with van der Waals surface area (Å²) in [5, 5.41) is 13.1. The van der Waals surface area contributed by atoms with Crippen molar-refractivity contribution in [3.8, 4) is 0 Å². The van der Waals surface area contributed by atoms with E-state index in [1.54, 1.807) is 6.92 Å². The number of hydrogen-bond acceptors (Lipinski definition) is 4. The Labute approximate surface area is 127 Å². The van der Waals surface area contributed by atoms with Crippen LogP contribution in [0.5, 0.6) is 0 Å². The van der Waals surface area contributed by atoms with Gasteiger partial charge in [0.05, 0.1) is 13.2 Å². The van der Waals surface area contributed by atoms with E-state index in [-0.39, 0.29) is 31.2 Å². The van der Waals surface area contributed by atoms with E-state index in [0.717, 1.165) is 6.07 Å². The molecule has 0 aliphatic rings. The van der Waals surface area contributed by atoms with Crippen LogP contribution >= 0.6 is 0 Å². The van der Waals surface area contributed by atoms with E-state index in [1.165, 1.54) is 29.5 Å². The van der Waals surface area contributed by atoms with Gasteiger partial charge in [-0.3, -0.25) is 0 Å². The standard InChI is InChI=1S/C15H19F2N3O2/c1-11(6-21)7-22-15(2,8-20-10-18-9-19-20)13-4-3-12(16)5-14(13)17/h3-5,9-11,21H,6-8H2,1-2H3/t11-,15+/m1/s1. The zero-order valence-electron chi connectivity index (χ0n) is 12.5. The molecule has 0 unspecified atom stereocenters. The van der Waals surface area contributed by atoms with Crippen LogP contribution in [0.15, 0.2) is 30.9 Å². The normalized spacial score (nSPS) is 15.5. The first-order valence-electron chi connectivity index (χ1n) is 6.97. The first-order chi connectivity index (χ1) is 10.4. The molecule has 1 N–H and O–H groups in total. The predicted octanol–water partition coefficient (Wildman–Crippen LogP) is 2.12. The monoisotopic (exact) mass is 311 g/mol. The lowest BCUT2D eigenvalue weighted by molar-refractivity contribution is -0.0716. The topological polar surface area (TPSA) is 60.2 Å². The van der Waals surface area contributed by atoms with Crippen LogP contribution in [0.3, 0.4) is 0 Å². The molecule has 0 saturated heterocycles. The smallest absolute Gasteiger partial charge is 0.137 e. The molecule has 2 rings (SSSR count). The SMILES string of the molecule is C[C@H](CO)CO[C@@](C)(Cn1cncn1)c1ccc(F)cc1F. The third-order valence-corrected chi connectivity index (χ3v) is 3.43. The average molecular weight is 311 g/mol. The number of nitrogens with zero attached hydrogens (tertiary/aromatic N) is 3. The van der Waals surface area contributed by atoms with Gasteiger partial charge in [0.25, 0.3) is 0 Å². The number of aliphatic hydroxyl groups excluding tert-OH is 1. The summed E-state index contributed by atoms with van der Waals surface area (Å²) in [5.74, 6) is -1.43. The first-order valence-corrected chi connectivity index (χ1v) is 6.97. The number of halogens is 2. The third kappa shape index (κ3) is 3.86. The molecule has 7 heteroatoms. The quantitative estimate of drug-likeness (QED) is 0.851. The summed E-state index contributed by atoms with van der Waals surface area (Å²) in [6.07, 6.45) is 2.87. The van der Waals surface area contributed by atoms with Crippen molar-refractivity contribution in [1.82, 2.24) is 14.8 Å². The number of aliphatic hydroxyl groups is 1. The zero-order chi connectivity index (χ0) is 16.2. The lowest BCUT2D eigenvalue weighted by Gasteiger charge is -2.31. The van der Waals surface area contributed by atoms with Gasteiger partial charge in [0.2, 0.25) is 0 Å². The van der Waals surface area contributed by atoms with Crippen LogP contribution in [0.1, 0.15) is 19.4 Å². The maximum atomic E-state index is 14.2. The van der Waals surface area contributed by atoms with Gasteiger partial charge < -0.3 is 9.84 Å². The van der Waals surface area contributed by atoms with E-state index < -0.39 is 17.2 Å². The molecule has 0 bridgehead atoms. The molecule has 120 valence electrons. The van der Waals surface area contributed by atoms with E-state index in [1.807, 2.05) is 6.92 Å². The van der Waals surface area contributed by atoms with Gasteiger partial charge in [-0.25, -0.2) is 18.4 Å². The highest BCUT2D eigenvalue weighted by Gasteiger charge is 2.32. The van der Waals surface area contributed by atoms with Crippen molar-refractivity contribution in [2.45, 2.75) is 26.0 Å². The molecule has 0 aliphatic heterocycles. The molecule has 1 aromatic heterocycles. The summed E-state index contributed by atoms with van der Waals surface area (Å²) >= 11 is 0. The summed E-state index contributed by atoms with van der Waals surface area (Å²) in [7, 11) is 0. The number of rotatable bonds is 7. The maximum absolute atomic E-state index is 14.2. The number of aromatic nitrogens is 3. The largest absolute Gasteiger partial charge is 0.396 e. The van der Waals surface area contributed by atoms with E-state index in [4.69, 9.17) is 9.84 Å². The predicted molar refractivity (Wildman–Crippen MR) is 75.9 cm³/mol. The molecule has 0 spiro atoms. The van der Waals surface area contributed by atoms with Gasteiger partial charge in [-0.1, -0.05) is 13.0 Å². The van der Waals surface area contributed by atoms with Crippen LogP contribution in [0.4, 0.5) is 8.78 Å². The Hall–Kier alpha value is -1.86. The second-order valence-electron chi connectivity index (χ2n) is 5.55. The molecule has 22 heavy (non-hydrogen) atoms.